The highest BCUT2D eigenvalue weighted by molar-refractivity contribution is 6.30. The van der Waals surface area contributed by atoms with Gasteiger partial charge in [-0.1, -0.05) is 44.0 Å². The van der Waals surface area contributed by atoms with Gasteiger partial charge in [-0.25, -0.2) is 0 Å². The lowest BCUT2D eigenvalue weighted by atomic mass is 9.61. The predicted molar refractivity (Wildman–Crippen MR) is 71.4 cm³/mol. The summed E-state index contributed by atoms with van der Waals surface area (Å²) < 4.78 is 0. The number of hydrogen-bond donors (Lipinski definition) is 0. The largest absolute Gasteiger partial charge is 0.299 e. The van der Waals surface area contributed by atoms with Crippen LogP contribution in [0.4, 0.5) is 0 Å². The first kappa shape index (κ1) is 12.6. The molecule has 0 unspecified atom stereocenters. The molecule has 1 fully saturated rings. The fourth-order valence-corrected chi connectivity index (χ4v) is 2.72. The molecule has 2 heteroatoms. The van der Waals surface area contributed by atoms with Gasteiger partial charge < -0.3 is 0 Å². The number of carbonyl (C=O) groups is 1. The van der Waals surface area contributed by atoms with Crippen LogP contribution in [0, 0.1) is 5.92 Å². The third kappa shape index (κ3) is 2.40. The SMILES string of the molecule is CC(C)CC(=O)C1(c2ccc(Cl)cc2)CCC1. The van der Waals surface area contributed by atoms with E-state index in [1.807, 2.05) is 24.3 Å². The van der Waals surface area contributed by atoms with Crippen LogP contribution in [0.15, 0.2) is 24.3 Å². The van der Waals surface area contributed by atoms with E-state index < -0.39 is 0 Å². The third-order valence-corrected chi connectivity index (χ3v) is 3.98. The minimum atomic E-state index is -0.200. The summed E-state index contributed by atoms with van der Waals surface area (Å²) in [6.07, 6.45) is 3.84. The van der Waals surface area contributed by atoms with Gasteiger partial charge in [-0.05, 0) is 36.5 Å². The number of hydrogen-bond acceptors (Lipinski definition) is 1. The number of halogens is 1. The van der Waals surface area contributed by atoms with Gasteiger partial charge in [0.15, 0.2) is 0 Å². The highest BCUT2D eigenvalue weighted by atomic mass is 35.5. The Balaban J connectivity index is 2.25. The van der Waals surface area contributed by atoms with E-state index >= 15 is 0 Å². The van der Waals surface area contributed by atoms with Crippen molar-refractivity contribution in [2.75, 3.05) is 0 Å². The molecule has 1 saturated carbocycles. The minimum Gasteiger partial charge on any atom is -0.299 e. The summed E-state index contributed by atoms with van der Waals surface area (Å²) in [5, 5.41) is 0.736. The Bertz CT molecular complexity index is 401. The Kier molecular flexibility index (Phi) is 3.58. The summed E-state index contributed by atoms with van der Waals surface area (Å²) in [7, 11) is 0. The van der Waals surface area contributed by atoms with Crippen molar-refractivity contribution in [1.29, 1.82) is 0 Å². The van der Waals surface area contributed by atoms with E-state index in [-0.39, 0.29) is 5.41 Å². The van der Waals surface area contributed by atoms with Gasteiger partial charge in [-0.2, -0.15) is 0 Å². The lowest BCUT2D eigenvalue weighted by Gasteiger charge is -2.41. The molecule has 1 aromatic carbocycles. The molecule has 0 N–H and O–H groups in total. The Morgan fingerprint density at radius 3 is 2.29 bits per heavy atom. The van der Waals surface area contributed by atoms with E-state index in [1.165, 1.54) is 0 Å². The maximum Gasteiger partial charge on any atom is 0.143 e. The van der Waals surface area contributed by atoms with E-state index in [4.69, 9.17) is 11.6 Å². The molecule has 17 heavy (non-hydrogen) atoms. The van der Waals surface area contributed by atoms with E-state index in [0.29, 0.717) is 18.1 Å². The minimum absolute atomic E-state index is 0.200. The summed E-state index contributed by atoms with van der Waals surface area (Å²) in [4.78, 5) is 12.4. The second kappa shape index (κ2) is 4.81. The standard InChI is InChI=1S/C15H19ClO/c1-11(2)10-14(17)15(8-3-9-15)12-4-6-13(16)7-5-12/h4-7,11H,3,8-10H2,1-2H3. The average Bonchev–Trinajstić information content (AvgIpc) is 2.18. The fraction of sp³-hybridized carbons (Fsp3) is 0.533. The molecular weight excluding hydrogens is 232 g/mol. The molecule has 0 heterocycles. The van der Waals surface area contributed by atoms with Gasteiger partial charge in [-0.15, -0.1) is 0 Å². The predicted octanol–water partition coefficient (Wildman–Crippen LogP) is 4.38. The monoisotopic (exact) mass is 250 g/mol. The van der Waals surface area contributed by atoms with Crippen LogP contribution in [0.2, 0.25) is 5.02 Å². The van der Waals surface area contributed by atoms with Crippen LogP contribution < -0.4 is 0 Å². The molecule has 0 bridgehead atoms. The third-order valence-electron chi connectivity index (χ3n) is 3.73. The van der Waals surface area contributed by atoms with Crippen LogP contribution in [0.3, 0.4) is 0 Å². The molecule has 0 amide bonds. The maximum atomic E-state index is 12.4. The van der Waals surface area contributed by atoms with Crippen molar-refractivity contribution < 1.29 is 4.79 Å². The van der Waals surface area contributed by atoms with Crippen molar-refractivity contribution in [1.82, 2.24) is 0 Å². The van der Waals surface area contributed by atoms with Gasteiger partial charge >= 0.3 is 0 Å². The number of ketones is 1. The van der Waals surface area contributed by atoms with E-state index in [2.05, 4.69) is 13.8 Å². The fourth-order valence-electron chi connectivity index (χ4n) is 2.59. The van der Waals surface area contributed by atoms with Crippen LogP contribution >= 0.6 is 11.6 Å². The van der Waals surface area contributed by atoms with Crippen LogP contribution in [-0.4, -0.2) is 5.78 Å². The summed E-state index contributed by atoms with van der Waals surface area (Å²) >= 11 is 5.90. The normalized spacial score (nSPS) is 17.9. The molecule has 92 valence electrons. The first-order valence-electron chi connectivity index (χ1n) is 6.34. The molecule has 0 spiro atoms. The molecule has 0 aromatic heterocycles. The molecule has 0 radical (unpaired) electrons. The van der Waals surface area contributed by atoms with E-state index in [0.717, 1.165) is 29.8 Å². The second-order valence-corrected chi connectivity index (χ2v) is 5.90. The zero-order valence-corrected chi connectivity index (χ0v) is 11.3. The van der Waals surface area contributed by atoms with Gasteiger partial charge in [0, 0.05) is 11.4 Å². The van der Waals surface area contributed by atoms with Gasteiger partial charge in [0.05, 0.1) is 5.41 Å². The summed E-state index contributed by atoms with van der Waals surface area (Å²) in [6, 6.07) is 7.80. The van der Waals surface area contributed by atoms with Crippen molar-refractivity contribution >= 4 is 17.4 Å². The lowest BCUT2D eigenvalue weighted by molar-refractivity contribution is -0.128. The quantitative estimate of drug-likeness (QED) is 0.775. The second-order valence-electron chi connectivity index (χ2n) is 5.46. The van der Waals surface area contributed by atoms with Crippen molar-refractivity contribution in [3.05, 3.63) is 34.9 Å². The summed E-state index contributed by atoms with van der Waals surface area (Å²) in [6.45, 7) is 4.21. The van der Waals surface area contributed by atoms with Crippen molar-refractivity contribution in [3.8, 4) is 0 Å². The highest BCUT2D eigenvalue weighted by Crippen LogP contribution is 2.45. The zero-order chi connectivity index (χ0) is 12.5. The number of benzene rings is 1. The zero-order valence-electron chi connectivity index (χ0n) is 10.5. The number of rotatable bonds is 4. The van der Waals surface area contributed by atoms with E-state index in [1.54, 1.807) is 0 Å². The lowest BCUT2D eigenvalue weighted by Crippen LogP contribution is -2.42. The average molecular weight is 251 g/mol. The molecule has 2 rings (SSSR count). The van der Waals surface area contributed by atoms with E-state index in [9.17, 15) is 4.79 Å². The molecule has 1 nitrogen and oxygen atoms in total. The molecule has 0 saturated heterocycles. The smallest absolute Gasteiger partial charge is 0.143 e. The van der Waals surface area contributed by atoms with Crippen molar-refractivity contribution in [2.45, 2.75) is 44.9 Å². The Labute approximate surface area is 108 Å². The molecule has 1 aliphatic carbocycles. The molecular formula is C15H19ClO. The summed E-state index contributed by atoms with van der Waals surface area (Å²) in [5.41, 5.74) is 0.952. The van der Waals surface area contributed by atoms with Crippen molar-refractivity contribution in [2.24, 2.45) is 5.92 Å². The van der Waals surface area contributed by atoms with Gasteiger partial charge in [-0.3, -0.25) is 4.79 Å². The van der Waals surface area contributed by atoms with Gasteiger partial charge in [0.25, 0.3) is 0 Å². The van der Waals surface area contributed by atoms with Crippen LogP contribution in [0.1, 0.15) is 45.1 Å². The molecule has 0 aliphatic heterocycles. The first-order chi connectivity index (χ1) is 8.04. The number of carbonyl (C=O) groups excluding carboxylic acids is 1. The first-order valence-corrected chi connectivity index (χ1v) is 6.72. The van der Waals surface area contributed by atoms with Crippen LogP contribution in [-0.2, 0) is 10.2 Å². The highest BCUT2D eigenvalue weighted by Gasteiger charge is 2.44. The molecule has 1 aromatic rings. The van der Waals surface area contributed by atoms with Gasteiger partial charge in [0.1, 0.15) is 5.78 Å². The van der Waals surface area contributed by atoms with Crippen LogP contribution in [0.25, 0.3) is 0 Å². The van der Waals surface area contributed by atoms with Crippen molar-refractivity contribution in [3.63, 3.8) is 0 Å². The maximum absolute atomic E-state index is 12.4. The molecule has 0 atom stereocenters. The van der Waals surface area contributed by atoms with Gasteiger partial charge in [0.2, 0.25) is 0 Å². The topological polar surface area (TPSA) is 17.1 Å². The van der Waals surface area contributed by atoms with Crippen LogP contribution in [0.5, 0.6) is 0 Å². The Morgan fingerprint density at radius 1 is 1.29 bits per heavy atom. The Hall–Kier alpha value is -0.820. The number of Topliss-reactive ketones (excluding diaryl/α,β-unsaturated/α-hetero) is 1. The Morgan fingerprint density at radius 2 is 1.88 bits per heavy atom. The summed E-state index contributed by atoms with van der Waals surface area (Å²) in [5.74, 6) is 0.841. The molecule has 1 aliphatic rings.